The molecule has 1 rings (SSSR count). The van der Waals surface area contributed by atoms with Crippen LogP contribution in [0.5, 0.6) is 0 Å². The smallest absolute Gasteiger partial charge is 0.0510 e. The Balaban J connectivity index is 2.95. The van der Waals surface area contributed by atoms with Crippen LogP contribution in [0.2, 0.25) is 0 Å². The number of nitrogens with one attached hydrogen (secondary N) is 1. The van der Waals surface area contributed by atoms with E-state index in [-0.39, 0.29) is 0 Å². The quantitative estimate of drug-likeness (QED) is 0.855. The van der Waals surface area contributed by atoms with Crippen LogP contribution < -0.4 is 10.2 Å². The summed E-state index contributed by atoms with van der Waals surface area (Å²) in [7, 11) is 1.99. The lowest BCUT2D eigenvalue weighted by Crippen LogP contribution is -2.24. The molecule has 0 aliphatic heterocycles. The monoisotopic (exact) mass is 298 g/mol. The molecule has 96 valence electrons. The molecule has 3 heteroatoms. The van der Waals surface area contributed by atoms with Gasteiger partial charge in [-0.05, 0) is 60.9 Å². The molecule has 0 fully saturated rings. The summed E-state index contributed by atoms with van der Waals surface area (Å²) in [6.45, 7) is 8.74. The van der Waals surface area contributed by atoms with E-state index in [1.54, 1.807) is 0 Å². The third-order valence-electron chi connectivity index (χ3n) is 3.12. The highest BCUT2D eigenvalue weighted by molar-refractivity contribution is 9.10. The number of benzene rings is 1. The Kier molecular flexibility index (Phi) is 6.00. The molecular formula is C14H23BrN2. The van der Waals surface area contributed by atoms with Crippen LogP contribution in [0.3, 0.4) is 0 Å². The standard InChI is InChI=1S/C14H23BrN2/c1-5-9-17(6-2)14-8-7-12(10-13(14)15)11(3)16-4/h7-8,10-11,16H,5-6,9H2,1-4H3. The van der Waals surface area contributed by atoms with E-state index < -0.39 is 0 Å². The maximum Gasteiger partial charge on any atom is 0.0510 e. The molecule has 0 heterocycles. The molecule has 1 aromatic carbocycles. The molecule has 1 aromatic rings. The van der Waals surface area contributed by atoms with Gasteiger partial charge in [0.15, 0.2) is 0 Å². The lowest BCUT2D eigenvalue weighted by atomic mass is 10.1. The van der Waals surface area contributed by atoms with Gasteiger partial charge in [0.05, 0.1) is 5.69 Å². The van der Waals surface area contributed by atoms with Gasteiger partial charge in [-0.1, -0.05) is 13.0 Å². The fourth-order valence-corrected chi connectivity index (χ4v) is 2.58. The Morgan fingerprint density at radius 1 is 1.35 bits per heavy atom. The van der Waals surface area contributed by atoms with Gasteiger partial charge in [0.25, 0.3) is 0 Å². The lowest BCUT2D eigenvalue weighted by Gasteiger charge is -2.24. The largest absolute Gasteiger partial charge is 0.371 e. The first-order valence-corrected chi connectivity index (χ1v) is 7.14. The Labute approximate surface area is 114 Å². The third-order valence-corrected chi connectivity index (χ3v) is 3.76. The van der Waals surface area contributed by atoms with Crippen LogP contribution in [0.25, 0.3) is 0 Å². The summed E-state index contributed by atoms with van der Waals surface area (Å²) in [5.74, 6) is 0. The molecule has 0 spiro atoms. The first-order valence-electron chi connectivity index (χ1n) is 6.35. The van der Waals surface area contributed by atoms with E-state index in [2.05, 4.69) is 65.1 Å². The van der Waals surface area contributed by atoms with Gasteiger partial charge in [-0.15, -0.1) is 0 Å². The van der Waals surface area contributed by atoms with E-state index in [1.165, 1.54) is 22.1 Å². The number of rotatable bonds is 6. The predicted octanol–water partition coefficient (Wildman–Crippen LogP) is 3.97. The summed E-state index contributed by atoms with van der Waals surface area (Å²) in [5.41, 5.74) is 2.61. The topological polar surface area (TPSA) is 15.3 Å². The van der Waals surface area contributed by atoms with Crippen LogP contribution in [0.15, 0.2) is 22.7 Å². The molecule has 1 atom stereocenters. The second-order valence-corrected chi connectivity index (χ2v) is 5.16. The van der Waals surface area contributed by atoms with E-state index >= 15 is 0 Å². The van der Waals surface area contributed by atoms with E-state index in [9.17, 15) is 0 Å². The summed E-state index contributed by atoms with van der Waals surface area (Å²) < 4.78 is 1.19. The molecule has 0 radical (unpaired) electrons. The zero-order valence-corrected chi connectivity index (χ0v) is 12.8. The summed E-state index contributed by atoms with van der Waals surface area (Å²) in [6.07, 6.45) is 1.18. The minimum Gasteiger partial charge on any atom is -0.371 e. The van der Waals surface area contributed by atoms with Gasteiger partial charge < -0.3 is 10.2 Å². The van der Waals surface area contributed by atoms with Crippen molar-refractivity contribution >= 4 is 21.6 Å². The highest BCUT2D eigenvalue weighted by atomic mass is 79.9. The molecule has 17 heavy (non-hydrogen) atoms. The molecule has 0 saturated heterocycles. The normalized spacial score (nSPS) is 12.5. The van der Waals surface area contributed by atoms with Gasteiger partial charge in [0.1, 0.15) is 0 Å². The Morgan fingerprint density at radius 3 is 2.53 bits per heavy atom. The van der Waals surface area contributed by atoms with Gasteiger partial charge in [0.2, 0.25) is 0 Å². The van der Waals surface area contributed by atoms with Crippen LogP contribution in [0.4, 0.5) is 5.69 Å². The van der Waals surface area contributed by atoms with Crippen molar-refractivity contribution in [2.24, 2.45) is 0 Å². The molecule has 1 N–H and O–H groups in total. The molecule has 0 aliphatic carbocycles. The molecule has 0 aliphatic rings. The average Bonchev–Trinajstić information content (AvgIpc) is 2.35. The summed E-state index contributed by atoms with van der Waals surface area (Å²) >= 11 is 3.69. The van der Waals surface area contributed by atoms with E-state index in [1.807, 2.05) is 7.05 Å². The lowest BCUT2D eigenvalue weighted by molar-refractivity contribution is 0.651. The van der Waals surface area contributed by atoms with E-state index in [0.29, 0.717) is 6.04 Å². The van der Waals surface area contributed by atoms with Crippen LogP contribution in [-0.2, 0) is 0 Å². The van der Waals surface area contributed by atoms with Crippen LogP contribution in [0, 0.1) is 0 Å². The highest BCUT2D eigenvalue weighted by Crippen LogP contribution is 2.29. The predicted molar refractivity (Wildman–Crippen MR) is 79.8 cm³/mol. The first kappa shape index (κ1) is 14.5. The number of hydrogen-bond donors (Lipinski definition) is 1. The van der Waals surface area contributed by atoms with Gasteiger partial charge in [-0.25, -0.2) is 0 Å². The second kappa shape index (κ2) is 7.02. The van der Waals surface area contributed by atoms with Crippen molar-refractivity contribution in [3.63, 3.8) is 0 Å². The summed E-state index contributed by atoms with van der Waals surface area (Å²) in [6, 6.07) is 7.03. The minimum absolute atomic E-state index is 0.390. The average molecular weight is 299 g/mol. The zero-order chi connectivity index (χ0) is 12.8. The van der Waals surface area contributed by atoms with Gasteiger partial charge in [-0.2, -0.15) is 0 Å². The molecule has 0 aromatic heterocycles. The Hall–Kier alpha value is -0.540. The Bertz CT molecular complexity index is 352. The van der Waals surface area contributed by atoms with Crippen LogP contribution in [-0.4, -0.2) is 20.1 Å². The van der Waals surface area contributed by atoms with Crippen molar-refractivity contribution < 1.29 is 0 Å². The molecular weight excluding hydrogens is 276 g/mol. The van der Waals surface area contributed by atoms with Crippen LogP contribution >= 0.6 is 15.9 Å². The zero-order valence-electron chi connectivity index (χ0n) is 11.3. The fraction of sp³-hybridized carbons (Fsp3) is 0.571. The maximum absolute atomic E-state index is 3.69. The van der Waals surface area contributed by atoms with Crippen molar-refractivity contribution in [2.45, 2.75) is 33.2 Å². The fourth-order valence-electron chi connectivity index (χ4n) is 1.93. The maximum atomic E-state index is 3.69. The van der Waals surface area contributed by atoms with E-state index in [4.69, 9.17) is 0 Å². The second-order valence-electron chi connectivity index (χ2n) is 4.30. The molecule has 0 saturated carbocycles. The molecule has 1 unspecified atom stereocenters. The summed E-state index contributed by atoms with van der Waals surface area (Å²) in [4.78, 5) is 2.40. The SMILES string of the molecule is CCCN(CC)c1ccc(C(C)NC)cc1Br. The summed E-state index contributed by atoms with van der Waals surface area (Å²) in [5, 5.41) is 3.26. The minimum atomic E-state index is 0.390. The number of halogens is 1. The number of anilines is 1. The molecule has 0 amide bonds. The number of nitrogens with zero attached hydrogens (tertiary/aromatic N) is 1. The van der Waals surface area contributed by atoms with Gasteiger partial charge in [-0.3, -0.25) is 0 Å². The van der Waals surface area contributed by atoms with Crippen molar-refractivity contribution in [1.82, 2.24) is 5.32 Å². The van der Waals surface area contributed by atoms with Gasteiger partial charge in [0, 0.05) is 23.6 Å². The van der Waals surface area contributed by atoms with E-state index in [0.717, 1.165) is 13.1 Å². The van der Waals surface area contributed by atoms with Crippen molar-refractivity contribution in [2.75, 3.05) is 25.0 Å². The van der Waals surface area contributed by atoms with Crippen molar-refractivity contribution in [3.05, 3.63) is 28.2 Å². The van der Waals surface area contributed by atoms with Crippen molar-refractivity contribution in [3.8, 4) is 0 Å². The third kappa shape index (κ3) is 3.71. The molecule has 2 nitrogen and oxygen atoms in total. The first-order chi connectivity index (χ1) is 8.13. The van der Waals surface area contributed by atoms with Crippen molar-refractivity contribution in [1.29, 1.82) is 0 Å². The molecule has 0 bridgehead atoms. The number of hydrogen-bond acceptors (Lipinski definition) is 2. The highest BCUT2D eigenvalue weighted by Gasteiger charge is 2.10. The Morgan fingerprint density at radius 2 is 2.06 bits per heavy atom. The van der Waals surface area contributed by atoms with Crippen LogP contribution in [0.1, 0.15) is 38.8 Å². The van der Waals surface area contributed by atoms with Gasteiger partial charge >= 0.3 is 0 Å².